The molecule has 0 aliphatic heterocycles. The monoisotopic (exact) mass is 458 g/mol. The molecule has 0 unspecified atom stereocenters. The minimum atomic E-state index is 0.760. The molecule has 0 spiro atoms. The highest BCUT2D eigenvalue weighted by atomic mass is 14.3. The second-order valence-electron chi connectivity index (χ2n) is 11.6. The van der Waals surface area contributed by atoms with Crippen molar-refractivity contribution in [2.75, 3.05) is 0 Å². The van der Waals surface area contributed by atoms with Gasteiger partial charge in [0, 0.05) is 0 Å². The number of rotatable bonds is 11. The zero-order valence-electron chi connectivity index (χ0n) is 22.2. The highest BCUT2D eigenvalue weighted by Crippen LogP contribution is 2.47. The van der Waals surface area contributed by atoms with Crippen LogP contribution in [-0.2, 0) is 0 Å². The molecule has 0 amide bonds. The van der Waals surface area contributed by atoms with Gasteiger partial charge in [0.2, 0.25) is 0 Å². The van der Waals surface area contributed by atoms with E-state index in [0.717, 1.165) is 23.7 Å². The summed E-state index contributed by atoms with van der Waals surface area (Å²) >= 11 is 0. The number of hydrogen-bond acceptors (Lipinski definition) is 0. The van der Waals surface area contributed by atoms with Crippen molar-refractivity contribution in [3.8, 4) is 11.1 Å². The van der Waals surface area contributed by atoms with Crippen LogP contribution < -0.4 is 0 Å². The fourth-order valence-electron chi connectivity index (χ4n) is 7.13. The van der Waals surface area contributed by atoms with Crippen LogP contribution in [0.25, 0.3) is 11.1 Å². The summed E-state index contributed by atoms with van der Waals surface area (Å²) < 4.78 is 0. The molecule has 4 rings (SSSR count). The van der Waals surface area contributed by atoms with Crippen molar-refractivity contribution in [3.05, 3.63) is 59.7 Å². The van der Waals surface area contributed by atoms with E-state index in [0.29, 0.717) is 0 Å². The molecule has 2 saturated carbocycles. The van der Waals surface area contributed by atoms with Gasteiger partial charge in [-0.2, -0.15) is 0 Å². The number of benzene rings is 2. The first-order valence-electron chi connectivity index (χ1n) is 15.0. The maximum absolute atomic E-state index is 2.52. The van der Waals surface area contributed by atoms with Gasteiger partial charge in [0.25, 0.3) is 0 Å². The Morgan fingerprint density at radius 2 is 1.12 bits per heavy atom. The van der Waals surface area contributed by atoms with E-state index in [-0.39, 0.29) is 0 Å². The lowest BCUT2D eigenvalue weighted by Crippen LogP contribution is -2.19. The van der Waals surface area contributed by atoms with Gasteiger partial charge in [0.15, 0.2) is 0 Å². The van der Waals surface area contributed by atoms with E-state index in [1.165, 1.54) is 114 Å². The minimum Gasteiger partial charge on any atom is -0.0654 e. The molecule has 0 bridgehead atoms. The first-order valence-corrected chi connectivity index (χ1v) is 15.0. The van der Waals surface area contributed by atoms with Gasteiger partial charge in [-0.05, 0) is 97.3 Å². The second-order valence-corrected chi connectivity index (χ2v) is 11.6. The second kappa shape index (κ2) is 13.5. The van der Waals surface area contributed by atoms with Crippen LogP contribution in [0.1, 0.15) is 140 Å². The van der Waals surface area contributed by atoms with Crippen LogP contribution in [0.3, 0.4) is 0 Å². The lowest BCUT2D eigenvalue weighted by molar-refractivity contribution is 0.291. The summed E-state index contributed by atoms with van der Waals surface area (Å²) in [6.45, 7) is 4.66. The van der Waals surface area contributed by atoms with Crippen LogP contribution in [0.2, 0.25) is 0 Å². The third-order valence-electron chi connectivity index (χ3n) is 9.20. The van der Waals surface area contributed by atoms with Gasteiger partial charge in [0.05, 0.1) is 0 Å². The van der Waals surface area contributed by atoms with Gasteiger partial charge in [0.1, 0.15) is 0 Å². The van der Waals surface area contributed by atoms with Crippen molar-refractivity contribution >= 4 is 0 Å². The molecule has 0 aromatic heterocycles. The molecule has 0 radical (unpaired) electrons. The molecular weight excluding hydrogens is 408 g/mol. The minimum absolute atomic E-state index is 0.760. The van der Waals surface area contributed by atoms with E-state index < -0.39 is 0 Å². The number of unbranched alkanes of at least 4 members (excludes halogenated alkanes) is 4. The van der Waals surface area contributed by atoms with E-state index in [1.807, 2.05) is 0 Å². The van der Waals surface area contributed by atoms with Crippen LogP contribution >= 0.6 is 0 Å². The topological polar surface area (TPSA) is 0 Å². The van der Waals surface area contributed by atoms with Crippen molar-refractivity contribution in [2.45, 2.75) is 128 Å². The highest BCUT2D eigenvalue weighted by molar-refractivity contribution is 5.70. The summed E-state index contributed by atoms with van der Waals surface area (Å²) in [5.74, 6) is 3.51. The largest absolute Gasteiger partial charge is 0.0654 e. The molecule has 0 nitrogen and oxygen atoms in total. The van der Waals surface area contributed by atoms with E-state index in [1.54, 1.807) is 11.1 Å². The van der Waals surface area contributed by atoms with Gasteiger partial charge >= 0.3 is 0 Å². The molecular formula is C34H50. The maximum Gasteiger partial charge on any atom is -0.0146 e. The molecule has 2 fully saturated rings. The Morgan fingerprint density at radius 1 is 0.559 bits per heavy atom. The first-order chi connectivity index (χ1) is 16.8. The normalized spacial score (nSPS) is 25.4. The Morgan fingerprint density at radius 3 is 1.68 bits per heavy atom. The summed E-state index contributed by atoms with van der Waals surface area (Å²) in [5.41, 5.74) is 6.44. The van der Waals surface area contributed by atoms with Crippen LogP contribution in [-0.4, -0.2) is 0 Å². The predicted octanol–water partition coefficient (Wildman–Crippen LogP) is 11.1. The first kappa shape index (κ1) is 25.5. The Bertz CT molecular complexity index is 818. The van der Waals surface area contributed by atoms with Crippen molar-refractivity contribution < 1.29 is 0 Å². The van der Waals surface area contributed by atoms with Crippen molar-refractivity contribution in [2.24, 2.45) is 11.8 Å². The molecule has 186 valence electrons. The van der Waals surface area contributed by atoms with Crippen molar-refractivity contribution in [3.63, 3.8) is 0 Å². The summed E-state index contributed by atoms with van der Waals surface area (Å²) in [7, 11) is 0. The van der Waals surface area contributed by atoms with Crippen LogP contribution in [0.15, 0.2) is 48.5 Å². The molecule has 0 atom stereocenters. The Hall–Kier alpha value is -1.56. The van der Waals surface area contributed by atoms with E-state index in [9.17, 15) is 0 Å². The average molecular weight is 459 g/mol. The van der Waals surface area contributed by atoms with E-state index in [2.05, 4.69) is 62.4 Å². The summed E-state index contributed by atoms with van der Waals surface area (Å²) in [5, 5.41) is 0. The van der Waals surface area contributed by atoms with Crippen LogP contribution in [0, 0.1) is 11.8 Å². The Balaban J connectivity index is 1.51. The van der Waals surface area contributed by atoms with E-state index in [4.69, 9.17) is 0 Å². The van der Waals surface area contributed by atoms with E-state index >= 15 is 0 Å². The fraction of sp³-hybridized carbons (Fsp3) is 0.647. The lowest BCUT2D eigenvalue weighted by Gasteiger charge is -2.35. The molecule has 2 aliphatic carbocycles. The molecule has 0 heteroatoms. The average Bonchev–Trinajstić information content (AvgIpc) is 2.90. The lowest BCUT2D eigenvalue weighted by atomic mass is 9.70. The van der Waals surface area contributed by atoms with Gasteiger partial charge in [-0.3, -0.25) is 0 Å². The summed E-state index contributed by atoms with van der Waals surface area (Å²) in [6.07, 6.45) is 22.8. The SMILES string of the molecule is CCCCC[C@H]1CC[C@H](c2cccc(-c3ccccc3)c2[C@H]2CC[C@H](CCCCC)CC2)CC1. The van der Waals surface area contributed by atoms with Gasteiger partial charge in [-0.25, -0.2) is 0 Å². The van der Waals surface area contributed by atoms with Crippen molar-refractivity contribution in [1.29, 1.82) is 0 Å². The summed E-state index contributed by atoms with van der Waals surface area (Å²) in [4.78, 5) is 0. The number of hydrogen-bond donors (Lipinski definition) is 0. The maximum atomic E-state index is 2.52. The molecule has 0 heterocycles. The van der Waals surface area contributed by atoms with Crippen molar-refractivity contribution in [1.82, 2.24) is 0 Å². The Labute approximate surface area is 211 Å². The zero-order chi connectivity index (χ0) is 23.6. The molecule has 2 aromatic carbocycles. The van der Waals surface area contributed by atoms with Gasteiger partial charge in [-0.15, -0.1) is 0 Å². The quantitative estimate of drug-likeness (QED) is 0.294. The predicted molar refractivity (Wildman–Crippen MR) is 150 cm³/mol. The molecule has 34 heavy (non-hydrogen) atoms. The summed E-state index contributed by atoms with van der Waals surface area (Å²) in [6, 6.07) is 18.6. The van der Waals surface area contributed by atoms with Gasteiger partial charge < -0.3 is 0 Å². The van der Waals surface area contributed by atoms with Gasteiger partial charge in [-0.1, -0.05) is 114 Å². The smallest absolute Gasteiger partial charge is 0.0146 e. The third kappa shape index (κ3) is 6.77. The molecule has 2 aromatic rings. The van der Waals surface area contributed by atoms with Crippen LogP contribution in [0.5, 0.6) is 0 Å². The Kier molecular flexibility index (Phi) is 10.1. The zero-order valence-corrected chi connectivity index (χ0v) is 22.2. The molecule has 0 saturated heterocycles. The molecule has 0 N–H and O–H groups in total. The standard InChI is InChI=1S/C34H50/c1-3-5-8-13-27-19-23-30(24-20-27)33-18-12-17-32(29-15-10-7-11-16-29)34(33)31-25-21-28(22-26-31)14-9-6-4-2/h7,10-12,15-18,27-28,30-31H,3-6,8-9,13-14,19-26H2,1-2H3/t27-,28-,30-,31-. The third-order valence-corrected chi connectivity index (χ3v) is 9.20. The fourth-order valence-corrected chi connectivity index (χ4v) is 7.13. The van der Waals surface area contributed by atoms with Crippen LogP contribution in [0.4, 0.5) is 0 Å². The highest BCUT2D eigenvalue weighted by Gasteiger charge is 2.30. The molecule has 2 aliphatic rings.